The monoisotopic (exact) mass is 241 g/mol. The zero-order valence-corrected chi connectivity index (χ0v) is 10.0. The smallest absolute Gasteiger partial charge is 0.143 e. The second-order valence-electron chi connectivity index (χ2n) is 4.41. The van der Waals surface area contributed by atoms with Crippen molar-refractivity contribution in [1.29, 1.82) is 0 Å². The predicted molar refractivity (Wildman–Crippen MR) is 70.6 cm³/mol. The summed E-state index contributed by atoms with van der Waals surface area (Å²) in [6, 6.07) is 9.88. The lowest BCUT2D eigenvalue weighted by atomic mass is 10.1. The minimum atomic E-state index is 0.591. The van der Waals surface area contributed by atoms with Gasteiger partial charge in [0.1, 0.15) is 17.3 Å². The van der Waals surface area contributed by atoms with Crippen LogP contribution in [0.15, 0.2) is 36.5 Å². The molecule has 0 saturated heterocycles. The largest absolute Gasteiger partial charge is 0.457 e. The summed E-state index contributed by atoms with van der Waals surface area (Å²) in [7, 11) is 0. The Bertz CT molecular complexity index is 569. The number of aromatic nitrogens is 1. The van der Waals surface area contributed by atoms with Gasteiger partial charge in [-0.3, -0.25) is 0 Å². The van der Waals surface area contributed by atoms with E-state index in [2.05, 4.69) is 22.5 Å². The van der Waals surface area contributed by atoms with E-state index in [0.717, 1.165) is 17.9 Å². The van der Waals surface area contributed by atoms with Crippen molar-refractivity contribution in [3.63, 3.8) is 0 Å². The zero-order valence-electron chi connectivity index (χ0n) is 10.0. The van der Waals surface area contributed by atoms with Gasteiger partial charge in [-0.15, -0.1) is 0 Å². The summed E-state index contributed by atoms with van der Waals surface area (Å²) in [4.78, 5) is 4.04. The molecule has 0 atom stereocenters. The molecule has 3 N–H and O–H groups in total. The number of fused-ring (bicyclic) bond motifs is 1. The Morgan fingerprint density at radius 2 is 1.89 bits per heavy atom. The lowest BCUT2D eigenvalue weighted by Crippen LogP contribution is -2.08. The average Bonchev–Trinajstić information content (AvgIpc) is 2.86. The van der Waals surface area contributed by atoms with Crippen molar-refractivity contribution in [1.82, 2.24) is 4.98 Å². The Morgan fingerprint density at radius 3 is 2.78 bits per heavy atom. The third-order valence-corrected chi connectivity index (χ3v) is 3.18. The number of nitrogens with two attached hydrogens (primary N) is 1. The quantitative estimate of drug-likeness (QED) is 0.640. The topological polar surface area (TPSA) is 60.2 Å². The number of hydrogen-bond acceptors (Lipinski definition) is 4. The highest BCUT2D eigenvalue weighted by Crippen LogP contribution is 2.29. The highest BCUT2D eigenvalue weighted by atomic mass is 16.5. The van der Waals surface area contributed by atoms with Gasteiger partial charge in [0.25, 0.3) is 0 Å². The fourth-order valence-electron chi connectivity index (χ4n) is 2.30. The molecule has 1 heterocycles. The maximum Gasteiger partial charge on any atom is 0.143 e. The van der Waals surface area contributed by atoms with Gasteiger partial charge < -0.3 is 10.2 Å². The van der Waals surface area contributed by atoms with Crippen LogP contribution in [-0.4, -0.2) is 4.98 Å². The molecule has 4 nitrogen and oxygen atoms in total. The number of hydrazine groups is 1. The first-order chi connectivity index (χ1) is 8.85. The fourth-order valence-corrected chi connectivity index (χ4v) is 2.30. The molecule has 18 heavy (non-hydrogen) atoms. The van der Waals surface area contributed by atoms with Gasteiger partial charge in [0.2, 0.25) is 0 Å². The van der Waals surface area contributed by atoms with Crippen molar-refractivity contribution in [2.45, 2.75) is 19.3 Å². The van der Waals surface area contributed by atoms with Gasteiger partial charge in [0, 0.05) is 12.3 Å². The Morgan fingerprint density at radius 1 is 1.06 bits per heavy atom. The van der Waals surface area contributed by atoms with Crippen LogP contribution < -0.4 is 16.0 Å². The van der Waals surface area contributed by atoms with Crippen molar-refractivity contribution in [2.24, 2.45) is 5.84 Å². The van der Waals surface area contributed by atoms with Crippen molar-refractivity contribution in [3.8, 4) is 11.5 Å². The molecule has 0 saturated carbocycles. The number of hydrogen-bond donors (Lipinski definition) is 2. The molecule has 0 fully saturated rings. The minimum Gasteiger partial charge on any atom is -0.457 e. The summed E-state index contributed by atoms with van der Waals surface area (Å²) in [5.41, 5.74) is 5.35. The molecule has 1 aliphatic carbocycles. The SMILES string of the molecule is NNc1cc(Oc2ccc3c(c2)CCC3)ccn1. The summed E-state index contributed by atoms with van der Waals surface area (Å²) in [6.45, 7) is 0. The molecule has 0 unspecified atom stereocenters. The van der Waals surface area contributed by atoms with Crippen LogP contribution >= 0.6 is 0 Å². The lowest BCUT2D eigenvalue weighted by molar-refractivity contribution is 0.481. The van der Waals surface area contributed by atoms with Crippen LogP contribution in [-0.2, 0) is 12.8 Å². The summed E-state index contributed by atoms with van der Waals surface area (Å²) in [5, 5.41) is 0. The molecule has 1 aromatic heterocycles. The van der Waals surface area contributed by atoms with Gasteiger partial charge in [-0.2, -0.15) is 0 Å². The first-order valence-electron chi connectivity index (χ1n) is 6.07. The van der Waals surface area contributed by atoms with Crippen molar-refractivity contribution in [3.05, 3.63) is 47.7 Å². The number of nitrogen functional groups attached to an aromatic ring is 1. The van der Waals surface area contributed by atoms with E-state index < -0.39 is 0 Å². The van der Waals surface area contributed by atoms with E-state index in [1.54, 1.807) is 12.3 Å². The Balaban J connectivity index is 1.83. The highest BCUT2D eigenvalue weighted by Gasteiger charge is 2.11. The number of pyridine rings is 1. The van der Waals surface area contributed by atoms with Crippen LogP contribution in [0.25, 0.3) is 0 Å². The normalized spacial score (nSPS) is 13.2. The number of aryl methyl sites for hydroxylation is 2. The van der Waals surface area contributed by atoms with Gasteiger partial charge in [-0.05, 0) is 48.6 Å². The maximum absolute atomic E-state index is 5.81. The van der Waals surface area contributed by atoms with Gasteiger partial charge in [-0.25, -0.2) is 10.8 Å². The predicted octanol–water partition coefficient (Wildman–Crippen LogP) is 2.65. The average molecular weight is 241 g/mol. The first kappa shape index (κ1) is 11.0. The van der Waals surface area contributed by atoms with Crippen LogP contribution in [0.5, 0.6) is 11.5 Å². The van der Waals surface area contributed by atoms with Crippen LogP contribution in [0, 0.1) is 0 Å². The summed E-state index contributed by atoms with van der Waals surface area (Å²) in [5.74, 6) is 7.51. The van der Waals surface area contributed by atoms with E-state index in [4.69, 9.17) is 10.6 Å². The molecular weight excluding hydrogens is 226 g/mol. The number of rotatable bonds is 3. The van der Waals surface area contributed by atoms with E-state index in [1.165, 1.54) is 24.0 Å². The zero-order chi connectivity index (χ0) is 12.4. The molecule has 0 bridgehead atoms. The molecule has 0 radical (unpaired) electrons. The maximum atomic E-state index is 5.81. The van der Waals surface area contributed by atoms with Gasteiger partial charge in [0.05, 0.1) is 0 Å². The Kier molecular flexibility index (Phi) is 2.86. The van der Waals surface area contributed by atoms with E-state index in [-0.39, 0.29) is 0 Å². The highest BCUT2D eigenvalue weighted by molar-refractivity contribution is 5.43. The summed E-state index contributed by atoms with van der Waals surface area (Å²) < 4.78 is 5.81. The summed E-state index contributed by atoms with van der Waals surface area (Å²) in [6.07, 6.45) is 5.25. The van der Waals surface area contributed by atoms with E-state index in [9.17, 15) is 0 Å². The van der Waals surface area contributed by atoms with Crippen LogP contribution in [0.4, 0.5) is 5.82 Å². The minimum absolute atomic E-state index is 0.591. The second kappa shape index (κ2) is 4.66. The molecule has 4 heteroatoms. The number of ether oxygens (including phenoxy) is 1. The molecule has 1 aromatic carbocycles. The van der Waals surface area contributed by atoms with Crippen molar-refractivity contribution < 1.29 is 4.74 Å². The molecule has 0 aliphatic heterocycles. The number of benzene rings is 1. The number of nitrogens with zero attached hydrogens (tertiary/aromatic N) is 1. The van der Waals surface area contributed by atoms with E-state index in [0.29, 0.717) is 5.82 Å². The van der Waals surface area contributed by atoms with Crippen LogP contribution in [0.2, 0.25) is 0 Å². The van der Waals surface area contributed by atoms with Crippen LogP contribution in [0.1, 0.15) is 17.5 Å². The molecule has 3 rings (SSSR count). The summed E-state index contributed by atoms with van der Waals surface area (Å²) >= 11 is 0. The lowest BCUT2D eigenvalue weighted by Gasteiger charge is -2.08. The number of anilines is 1. The fraction of sp³-hybridized carbons (Fsp3) is 0.214. The molecule has 2 aromatic rings. The number of nitrogens with one attached hydrogen (secondary N) is 1. The van der Waals surface area contributed by atoms with Crippen LogP contribution in [0.3, 0.4) is 0 Å². The molecular formula is C14H15N3O. The molecule has 92 valence electrons. The van der Waals surface area contributed by atoms with E-state index >= 15 is 0 Å². The van der Waals surface area contributed by atoms with Crippen molar-refractivity contribution in [2.75, 3.05) is 5.43 Å². The van der Waals surface area contributed by atoms with Gasteiger partial charge in [-0.1, -0.05) is 6.07 Å². The van der Waals surface area contributed by atoms with E-state index in [1.807, 2.05) is 12.1 Å². The third kappa shape index (κ3) is 2.15. The Hall–Kier alpha value is -2.07. The standard InChI is InChI=1S/C14H15N3O/c15-17-14-9-13(6-7-16-14)18-12-5-4-10-2-1-3-11(10)8-12/h4-9H,1-3,15H2,(H,16,17). The molecule has 0 spiro atoms. The molecule has 0 amide bonds. The third-order valence-electron chi connectivity index (χ3n) is 3.18. The first-order valence-corrected chi connectivity index (χ1v) is 6.07. The molecule has 1 aliphatic rings. The Labute approximate surface area is 106 Å². The van der Waals surface area contributed by atoms with Gasteiger partial charge >= 0.3 is 0 Å². The second-order valence-corrected chi connectivity index (χ2v) is 4.41. The van der Waals surface area contributed by atoms with Gasteiger partial charge in [0.15, 0.2) is 0 Å². The van der Waals surface area contributed by atoms with Crippen molar-refractivity contribution >= 4 is 5.82 Å².